The van der Waals surface area contributed by atoms with Gasteiger partial charge in [0.05, 0.1) is 0 Å². The van der Waals surface area contributed by atoms with E-state index in [-0.39, 0.29) is 11.8 Å². The van der Waals surface area contributed by atoms with Gasteiger partial charge in [0, 0.05) is 24.5 Å². The first kappa shape index (κ1) is 13.8. The Labute approximate surface area is 110 Å². The van der Waals surface area contributed by atoms with Crippen LogP contribution in [-0.4, -0.2) is 49.1 Å². The zero-order chi connectivity index (χ0) is 13.0. The summed E-state index contributed by atoms with van der Waals surface area (Å²) in [5.74, 6) is 0.490. The first-order chi connectivity index (χ1) is 8.70. The van der Waals surface area contributed by atoms with Gasteiger partial charge in [-0.2, -0.15) is 0 Å². The van der Waals surface area contributed by atoms with Gasteiger partial charge in [0.25, 0.3) is 0 Å². The van der Waals surface area contributed by atoms with Crippen LogP contribution in [0.5, 0.6) is 0 Å². The molecular formula is C14H27N3O. The lowest BCUT2D eigenvalue weighted by Crippen LogP contribution is -2.45. The third kappa shape index (κ3) is 3.45. The Kier molecular flexibility index (Phi) is 5.01. The molecule has 0 radical (unpaired) electrons. The molecule has 4 nitrogen and oxygen atoms in total. The summed E-state index contributed by atoms with van der Waals surface area (Å²) in [4.78, 5) is 14.6. The average molecular weight is 253 g/mol. The van der Waals surface area contributed by atoms with Crippen molar-refractivity contribution < 1.29 is 4.79 Å². The van der Waals surface area contributed by atoms with Gasteiger partial charge in [0.2, 0.25) is 5.91 Å². The maximum absolute atomic E-state index is 12.1. The van der Waals surface area contributed by atoms with Crippen molar-refractivity contribution in [3.63, 3.8) is 0 Å². The number of likely N-dealkylation sites (tertiary alicyclic amines) is 1. The van der Waals surface area contributed by atoms with Crippen molar-refractivity contribution in [1.82, 2.24) is 15.5 Å². The first-order valence-corrected chi connectivity index (χ1v) is 7.45. The molecule has 0 bridgehead atoms. The van der Waals surface area contributed by atoms with E-state index in [2.05, 4.69) is 29.4 Å². The molecule has 0 aromatic carbocycles. The Morgan fingerprint density at radius 1 is 1.44 bits per heavy atom. The predicted octanol–water partition coefficient (Wildman–Crippen LogP) is 0.975. The van der Waals surface area contributed by atoms with Crippen molar-refractivity contribution in [2.24, 2.45) is 5.92 Å². The molecule has 2 heterocycles. The standard InChI is InChI=1S/C14H27N3O/c1-3-17-8-4-5-13(17)10-16-14(18)12-6-7-15-11(2)9-12/h11-13,15H,3-10H2,1-2H3,(H,16,18)/t11-,12-,13?/m0/s1. The van der Waals surface area contributed by atoms with Crippen LogP contribution in [0.1, 0.15) is 39.5 Å². The van der Waals surface area contributed by atoms with Gasteiger partial charge in [-0.3, -0.25) is 9.69 Å². The second-order valence-corrected chi connectivity index (χ2v) is 5.75. The third-order valence-electron chi connectivity index (χ3n) is 4.41. The normalized spacial score (nSPS) is 33.6. The van der Waals surface area contributed by atoms with Crippen LogP contribution in [0.25, 0.3) is 0 Å². The van der Waals surface area contributed by atoms with E-state index in [0.29, 0.717) is 12.1 Å². The molecule has 2 rings (SSSR count). The summed E-state index contributed by atoms with van der Waals surface area (Å²) in [6.45, 7) is 8.48. The quantitative estimate of drug-likeness (QED) is 0.785. The smallest absolute Gasteiger partial charge is 0.223 e. The van der Waals surface area contributed by atoms with Gasteiger partial charge in [-0.1, -0.05) is 6.92 Å². The summed E-state index contributed by atoms with van der Waals surface area (Å²) in [7, 11) is 0. The fourth-order valence-corrected chi connectivity index (χ4v) is 3.28. The number of carbonyl (C=O) groups excluding carboxylic acids is 1. The molecule has 0 aliphatic carbocycles. The molecule has 4 heteroatoms. The summed E-state index contributed by atoms with van der Waals surface area (Å²) in [5, 5.41) is 6.56. The second-order valence-electron chi connectivity index (χ2n) is 5.75. The van der Waals surface area contributed by atoms with E-state index in [0.717, 1.165) is 32.5 Å². The van der Waals surface area contributed by atoms with E-state index in [9.17, 15) is 4.79 Å². The van der Waals surface area contributed by atoms with E-state index < -0.39 is 0 Å². The summed E-state index contributed by atoms with van der Waals surface area (Å²) in [6, 6.07) is 1.05. The van der Waals surface area contributed by atoms with Crippen molar-refractivity contribution in [2.75, 3.05) is 26.2 Å². The SMILES string of the molecule is CCN1CCCC1CNC(=O)[C@H]1CCN[C@@H](C)C1. The minimum absolute atomic E-state index is 0.220. The van der Waals surface area contributed by atoms with Crippen molar-refractivity contribution in [1.29, 1.82) is 0 Å². The van der Waals surface area contributed by atoms with Gasteiger partial charge < -0.3 is 10.6 Å². The molecule has 1 amide bonds. The molecule has 0 aromatic heterocycles. The van der Waals surface area contributed by atoms with Gasteiger partial charge in [0.15, 0.2) is 0 Å². The third-order valence-corrected chi connectivity index (χ3v) is 4.41. The van der Waals surface area contributed by atoms with Crippen molar-refractivity contribution in [3.05, 3.63) is 0 Å². The van der Waals surface area contributed by atoms with Crippen LogP contribution in [0.3, 0.4) is 0 Å². The second kappa shape index (κ2) is 6.53. The Morgan fingerprint density at radius 3 is 3.00 bits per heavy atom. The van der Waals surface area contributed by atoms with Crippen LogP contribution < -0.4 is 10.6 Å². The van der Waals surface area contributed by atoms with Gasteiger partial charge in [0.1, 0.15) is 0 Å². The van der Waals surface area contributed by atoms with Crippen LogP contribution in [0.2, 0.25) is 0 Å². The lowest BCUT2D eigenvalue weighted by atomic mass is 9.92. The maximum atomic E-state index is 12.1. The topological polar surface area (TPSA) is 44.4 Å². The molecule has 18 heavy (non-hydrogen) atoms. The summed E-state index contributed by atoms with van der Waals surface area (Å²) < 4.78 is 0. The molecule has 2 fully saturated rings. The van der Waals surface area contributed by atoms with E-state index in [4.69, 9.17) is 0 Å². The fourth-order valence-electron chi connectivity index (χ4n) is 3.28. The molecule has 0 aromatic rings. The number of nitrogens with one attached hydrogen (secondary N) is 2. The molecule has 2 aliphatic heterocycles. The highest BCUT2D eigenvalue weighted by molar-refractivity contribution is 5.78. The molecule has 0 saturated carbocycles. The predicted molar refractivity (Wildman–Crippen MR) is 73.5 cm³/mol. The Hall–Kier alpha value is -0.610. The Balaban J connectivity index is 1.74. The van der Waals surface area contributed by atoms with Crippen LogP contribution in [0.4, 0.5) is 0 Å². The van der Waals surface area contributed by atoms with Crippen LogP contribution in [0, 0.1) is 5.92 Å². The number of rotatable bonds is 4. The molecule has 1 unspecified atom stereocenters. The lowest BCUT2D eigenvalue weighted by molar-refractivity contribution is -0.126. The molecule has 0 spiro atoms. The molecule has 2 aliphatic rings. The van der Waals surface area contributed by atoms with E-state index >= 15 is 0 Å². The maximum Gasteiger partial charge on any atom is 0.223 e. The highest BCUT2D eigenvalue weighted by atomic mass is 16.1. The Morgan fingerprint density at radius 2 is 2.28 bits per heavy atom. The summed E-state index contributed by atoms with van der Waals surface area (Å²) in [6.07, 6.45) is 4.47. The first-order valence-electron chi connectivity index (χ1n) is 7.45. The van der Waals surface area contributed by atoms with Crippen LogP contribution in [-0.2, 0) is 4.79 Å². The average Bonchev–Trinajstić information content (AvgIpc) is 2.83. The number of nitrogens with zero attached hydrogens (tertiary/aromatic N) is 1. The minimum atomic E-state index is 0.220. The molecular weight excluding hydrogens is 226 g/mol. The van der Waals surface area contributed by atoms with Gasteiger partial charge in [-0.05, 0) is 52.2 Å². The molecule has 2 N–H and O–H groups in total. The highest BCUT2D eigenvalue weighted by Gasteiger charge is 2.27. The Bertz CT molecular complexity index is 282. The van der Waals surface area contributed by atoms with E-state index in [1.807, 2.05) is 0 Å². The van der Waals surface area contributed by atoms with E-state index in [1.54, 1.807) is 0 Å². The monoisotopic (exact) mass is 253 g/mol. The fraction of sp³-hybridized carbons (Fsp3) is 0.929. The number of piperidine rings is 1. The molecule has 3 atom stereocenters. The lowest BCUT2D eigenvalue weighted by Gasteiger charge is -2.28. The number of hydrogen-bond donors (Lipinski definition) is 2. The summed E-state index contributed by atoms with van der Waals surface area (Å²) in [5.41, 5.74) is 0. The minimum Gasteiger partial charge on any atom is -0.354 e. The molecule has 2 saturated heterocycles. The number of amides is 1. The zero-order valence-corrected chi connectivity index (χ0v) is 11.7. The summed E-state index contributed by atoms with van der Waals surface area (Å²) >= 11 is 0. The zero-order valence-electron chi connectivity index (χ0n) is 11.7. The highest BCUT2D eigenvalue weighted by Crippen LogP contribution is 2.18. The number of carbonyl (C=O) groups is 1. The van der Waals surface area contributed by atoms with Crippen LogP contribution in [0.15, 0.2) is 0 Å². The largest absolute Gasteiger partial charge is 0.354 e. The van der Waals surface area contributed by atoms with Crippen molar-refractivity contribution in [2.45, 2.75) is 51.6 Å². The van der Waals surface area contributed by atoms with Gasteiger partial charge in [-0.15, -0.1) is 0 Å². The van der Waals surface area contributed by atoms with Crippen molar-refractivity contribution >= 4 is 5.91 Å². The number of likely N-dealkylation sites (N-methyl/N-ethyl adjacent to an activating group) is 1. The van der Waals surface area contributed by atoms with Gasteiger partial charge >= 0.3 is 0 Å². The van der Waals surface area contributed by atoms with Crippen molar-refractivity contribution in [3.8, 4) is 0 Å². The number of hydrogen-bond acceptors (Lipinski definition) is 3. The van der Waals surface area contributed by atoms with Crippen LogP contribution >= 0.6 is 0 Å². The van der Waals surface area contributed by atoms with E-state index in [1.165, 1.54) is 19.4 Å². The van der Waals surface area contributed by atoms with Gasteiger partial charge in [-0.25, -0.2) is 0 Å². The molecule has 104 valence electrons.